The van der Waals surface area contributed by atoms with Gasteiger partial charge in [-0.25, -0.2) is 0 Å². The Morgan fingerprint density at radius 3 is 2.79 bits per heavy atom. The number of hydrogen-bond acceptors (Lipinski definition) is 2. The van der Waals surface area contributed by atoms with Gasteiger partial charge in [0, 0.05) is 5.69 Å². The molecular weight excluding hydrogens is 236 g/mol. The molecule has 0 fully saturated rings. The smallest absolute Gasteiger partial charge is 0.238 e. The zero-order valence-electron chi connectivity index (χ0n) is 10.3. The molecule has 92 valence electrons. The molecule has 0 saturated carbocycles. The molecule has 0 aliphatic heterocycles. The first kappa shape index (κ1) is 11.5. The molecule has 2 aromatic rings. The van der Waals surface area contributed by atoms with Gasteiger partial charge in [-0.15, -0.1) is 0 Å². The Morgan fingerprint density at radius 2 is 1.95 bits per heavy atom. The summed E-state index contributed by atoms with van der Waals surface area (Å²) < 4.78 is 0. The van der Waals surface area contributed by atoms with Crippen molar-refractivity contribution in [3.05, 3.63) is 53.6 Å². The molecule has 19 heavy (non-hydrogen) atoms. The van der Waals surface area contributed by atoms with Crippen LogP contribution < -0.4 is 5.32 Å². The van der Waals surface area contributed by atoms with Crippen LogP contribution in [-0.4, -0.2) is 5.91 Å². The zero-order chi connectivity index (χ0) is 13.2. The molecule has 0 radical (unpaired) electrons. The number of nitrogens with one attached hydrogen (secondary N) is 1. The van der Waals surface area contributed by atoms with Gasteiger partial charge < -0.3 is 5.32 Å². The second-order valence-corrected chi connectivity index (χ2v) is 4.59. The lowest BCUT2D eigenvalue weighted by Gasteiger charge is -2.06. The molecule has 1 amide bonds. The maximum absolute atomic E-state index is 11.4. The Morgan fingerprint density at radius 1 is 1.16 bits per heavy atom. The lowest BCUT2D eigenvalue weighted by molar-refractivity contribution is -0.115. The maximum Gasteiger partial charge on any atom is 0.238 e. The first-order chi connectivity index (χ1) is 9.28. The summed E-state index contributed by atoms with van der Waals surface area (Å²) in [5.41, 5.74) is 5.79. The minimum atomic E-state index is -0.266. The van der Waals surface area contributed by atoms with E-state index in [1.165, 1.54) is 22.3 Å². The number of anilines is 1. The Kier molecular flexibility index (Phi) is 2.77. The molecule has 0 unspecified atom stereocenters. The van der Waals surface area contributed by atoms with Crippen molar-refractivity contribution in [2.75, 3.05) is 5.32 Å². The summed E-state index contributed by atoms with van der Waals surface area (Å²) in [5.74, 6) is -0.266. The number of carbonyl (C=O) groups excluding carboxylic acids is 1. The van der Waals surface area contributed by atoms with Crippen LogP contribution in [-0.2, 0) is 11.2 Å². The molecule has 0 bridgehead atoms. The minimum absolute atomic E-state index is 0.114. The van der Waals surface area contributed by atoms with Crippen LogP contribution in [0.3, 0.4) is 0 Å². The Hall–Kier alpha value is -2.60. The van der Waals surface area contributed by atoms with Crippen LogP contribution in [0.25, 0.3) is 11.1 Å². The molecular formula is C16H12N2O. The summed E-state index contributed by atoms with van der Waals surface area (Å²) in [5, 5.41) is 11.2. The van der Waals surface area contributed by atoms with Crippen molar-refractivity contribution in [3.63, 3.8) is 0 Å². The van der Waals surface area contributed by atoms with E-state index in [0.717, 1.165) is 12.1 Å². The van der Waals surface area contributed by atoms with E-state index in [9.17, 15) is 4.79 Å². The molecule has 0 atom stereocenters. The number of rotatable bonds is 2. The van der Waals surface area contributed by atoms with Crippen molar-refractivity contribution >= 4 is 11.6 Å². The van der Waals surface area contributed by atoms with E-state index in [1.54, 1.807) is 0 Å². The van der Waals surface area contributed by atoms with E-state index < -0.39 is 0 Å². The van der Waals surface area contributed by atoms with Crippen molar-refractivity contribution in [1.29, 1.82) is 5.26 Å². The average Bonchev–Trinajstić information content (AvgIpc) is 2.76. The summed E-state index contributed by atoms with van der Waals surface area (Å²) in [7, 11) is 0. The van der Waals surface area contributed by atoms with Crippen molar-refractivity contribution in [2.24, 2.45) is 0 Å². The molecule has 0 spiro atoms. The van der Waals surface area contributed by atoms with Gasteiger partial charge in [0.15, 0.2) is 0 Å². The van der Waals surface area contributed by atoms with Gasteiger partial charge in [0.2, 0.25) is 5.91 Å². The zero-order valence-corrected chi connectivity index (χ0v) is 10.3. The SMILES string of the molecule is N#CCC(=O)Nc1ccc2c(c1)Cc1ccccc1-2. The molecule has 1 aliphatic carbocycles. The molecule has 0 heterocycles. The standard InChI is InChI=1S/C16H12N2O/c17-8-7-16(19)18-13-5-6-15-12(10-13)9-11-3-1-2-4-14(11)15/h1-6,10H,7,9H2,(H,18,19). The van der Waals surface area contributed by atoms with E-state index in [1.807, 2.05) is 36.4 Å². The van der Waals surface area contributed by atoms with E-state index in [-0.39, 0.29) is 12.3 Å². The molecule has 1 aliphatic rings. The predicted molar refractivity (Wildman–Crippen MR) is 73.5 cm³/mol. The van der Waals surface area contributed by atoms with Gasteiger partial charge >= 0.3 is 0 Å². The summed E-state index contributed by atoms with van der Waals surface area (Å²) in [4.78, 5) is 11.4. The first-order valence-electron chi connectivity index (χ1n) is 6.16. The van der Waals surface area contributed by atoms with Crippen molar-refractivity contribution in [3.8, 4) is 17.2 Å². The third-order valence-corrected chi connectivity index (χ3v) is 3.32. The van der Waals surface area contributed by atoms with Gasteiger partial charge in [0.25, 0.3) is 0 Å². The largest absolute Gasteiger partial charge is 0.325 e. The number of amides is 1. The Bertz CT molecular complexity index is 698. The normalized spacial score (nSPS) is 11.3. The molecule has 0 aromatic heterocycles. The van der Waals surface area contributed by atoms with Crippen molar-refractivity contribution < 1.29 is 4.79 Å². The predicted octanol–water partition coefficient (Wildman–Crippen LogP) is 3.11. The Balaban J connectivity index is 1.90. The molecule has 2 aromatic carbocycles. The monoisotopic (exact) mass is 248 g/mol. The molecule has 1 N–H and O–H groups in total. The van der Waals surface area contributed by atoms with Crippen LogP contribution in [0.15, 0.2) is 42.5 Å². The fraction of sp³-hybridized carbons (Fsp3) is 0.125. The van der Waals surface area contributed by atoms with Crippen molar-refractivity contribution in [2.45, 2.75) is 12.8 Å². The summed E-state index contributed by atoms with van der Waals surface area (Å²) in [6, 6.07) is 16.1. The van der Waals surface area contributed by atoms with Crippen LogP contribution in [0.5, 0.6) is 0 Å². The van der Waals surface area contributed by atoms with Crippen LogP contribution in [0.1, 0.15) is 17.5 Å². The lowest BCUT2D eigenvalue weighted by Crippen LogP contribution is -2.10. The highest BCUT2D eigenvalue weighted by Crippen LogP contribution is 2.37. The molecule has 3 rings (SSSR count). The number of carbonyl (C=O) groups is 1. The number of nitriles is 1. The lowest BCUT2D eigenvalue weighted by atomic mass is 10.1. The average molecular weight is 248 g/mol. The number of nitrogens with zero attached hydrogens (tertiary/aromatic N) is 1. The molecule has 0 saturated heterocycles. The van der Waals surface area contributed by atoms with Gasteiger partial charge in [-0.3, -0.25) is 4.79 Å². The third-order valence-electron chi connectivity index (χ3n) is 3.32. The topological polar surface area (TPSA) is 52.9 Å². The molecule has 3 nitrogen and oxygen atoms in total. The Labute approximate surface area is 111 Å². The summed E-state index contributed by atoms with van der Waals surface area (Å²) in [6.07, 6.45) is 0.783. The number of hydrogen-bond donors (Lipinski definition) is 1. The summed E-state index contributed by atoms with van der Waals surface area (Å²) >= 11 is 0. The van der Waals surface area contributed by atoms with Crippen LogP contribution in [0, 0.1) is 11.3 Å². The second-order valence-electron chi connectivity index (χ2n) is 4.59. The highest BCUT2D eigenvalue weighted by Gasteiger charge is 2.18. The van der Waals surface area contributed by atoms with Gasteiger partial charge in [-0.2, -0.15) is 5.26 Å². The van der Waals surface area contributed by atoms with Gasteiger partial charge in [0.05, 0.1) is 6.07 Å². The molecule has 3 heteroatoms. The third kappa shape index (κ3) is 2.09. The summed E-state index contributed by atoms with van der Waals surface area (Å²) in [6.45, 7) is 0. The minimum Gasteiger partial charge on any atom is -0.325 e. The van der Waals surface area contributed by atoms with Crippen LogP contribution in [0.4, 0.5) is 5.69 Å². The van der Waals surface area contributed by atoms with Crippen LogP contribution in [0.2, 0.25) is 0 Å². The second kappa shape index (κ2) is 4.58. The fourth-order valence-electron chi connectivity index (χ4n) is 2.50. The van der Waals surface area contributed by atoms with Crippen LogP contribution >= 0.6 is 0 Å². The van der Waals surface area contributed by atoms with E-state index in [0.29, 0.717) is 0 Å². The first-order valence-corrected chi connectivity index (χ1v) is 6.16. The fourth-order valence-corrected chi connectivity index (χ4v) is 2.50. The van der Waals surface area contributed by atoms with E-state index >= 15 is 0 Å². The number of fused-ring (bicyclic) bond motifs is 3. The number of benzene rings is 2. The van der Waals surface area contributed by atoms with Crippen molar-refractivity contribution in [1.82, 2.24) is 0 Å². The van der Waals surface area contributed by atoms with Gasteiger partial charge in [0.1, 0.15) is 6.42 Å². The van der Waals surface area contributed by atoms with Gasteiger partial charge in [-0.05, 0) is 40.8 Å². The highest BCUT2D eigenvalue weighted by atomic mass is 16.1. The van der Waals surface area contributed by atoms with Gasteiger partial charge in [-0.1, -0.05) is 30.3 Å². The maximum atomic E-state index is 11.4. The highest BCUT2D eigenvalue weighted by molar-refractivity contribution is 5.93. The van der Waals surface area contributed by atoms with E-state index in [2.05, 4.69) is 17.4 Å². The quantitative estimate of drug-likeness (QED) is 0.757. The van der Waals surface area contributed by atoms with E-state index in [4.69, 9.17) is 5.26 Å².